The zero-order valence-corrected chi connectivity index (χ0v) is 15.7. The molecule has 0 saturated heterocycles. The van der Waals surface area contributed by atoms with Crippen LogP contribution >= 0.6 is 11.6 Å². The molecule has 132 valence electrons. The molecule has 2 aromatic rings. The fourth-order valence-corrected chi connectivity index (χ4v) is 2.55. The maximum atomic E-state index is 11.9. The second-order valence-corrected chi connectivity index (χ2v) is 7.34. The van der Waals surface area contributed by atoms with Gasteiger partial charge in [0.25, 0.3) is 5.56 Å². The van der Waals surface area contributed by atoms with Crippen molar-refractivity contribution >= 4 is 23.1 Å². The summed E-state index contributed by atoms with van der Waals surface area (Å²) in [6.07, 6.45) is 1.88. The van der Waals surface area contributed by atoms with Crippen molar-refractivity contribution in [1.82, 2.24) is 10.3 Å². The average Bonchev–Trinajstić information content (AvgIpc) is 2.53. The zero-order chi connectivity index (χ0) is 18.6. The van der Waals surface area contributed by atoms with Gasteiger partial charge in [0.05, 0.1) is 0 Å². The van der Waals surface area contributed by atoms with Crippen molar-refractivity contribution in [2.75, 3.05) is 6.54 Å². The van der Waals surface area contributed by atoms with Crippen LogP contribution < -0.4 is 10.9 Å². The monoisotopic (exact) mass is 358 g/mol. The number of carbonyl (C=O) groups excluding carboxylic acids is 1. The Kier molecular flexibility index (Phi) is 5.85. The Hall–Kier alpha value is -2.33. The maximum absolute atomic E-state index is 11.9. The van der Waals surface area contributed by atoms with Gasteiger partial charge in [0.2, 0.25) is 5.91 Å². The molecule has 25 heavy (non-hydrogen) atoms. The number of nitrogens with one attached hydrogen (secondary N) is 2. The van der Waals surface area contributed by atoms with Crippen LogP contribution in [0.15, 0.2) is 47.3 Å². The molecule has 1 heterocycles. The number of pyridine rings is 1. The molecule has 0 aliphatic rings. The molecule has 4 nitrogen and oxygen atoms in total. The third-order valence-electron chi connectivity index (χ3n) is 3.87. The van der Waals surface area contributed by atoms with E-state index in [9.17, 15) is 9.59 Å². The quantitative estimate of drug-likeness (QED) is 0.870. The number of amides is 1. The molecular formula is C20H23ClN2O2. The van der Waals surface area contributed by atoms with Gasteiger partial charge in [-0.2, -0.15) is 0 Å². The summed E-state index contributed by atoms with van der Waals surface area (Å²) in [4.78, 5) is 25.8. The SMILES string of the molecule is CC(=O)NC/C=C(\c1ccc(C(C)(C)C)cc1)c1ccc(Cl)c(=O)[nH]1. The van der Waals surface area contributed by atoms with Crippen LogP contribution in [0.5, 0.6) is 0 Å². The first kappa shape index (κ1) is 19.0. The lowest BCUT2D eigenvalue weighted by atomic mass is 9.86. The maximum Gasteiger partial charge on any atom is 0.267 e. The van der Waals surface area contributed by atoms with Gasteiger partial charge >= 0.3 is 0 Å². The number of halogens is 1. The minimum atomic E-state index is -0.337. The smallest absolute Gasteiger partial charge is 0.267 e. The summed E-state index contributed by atoms with van der Waals surface area (Å²) in [6.45, 7) is 8.32. The highest BCUT2D eigenvalue weighted by atomic mass is 35.5. The van der Waals surface area contributed by atoms with Crippen LogP contribution in [-0.2, 0) is 10.2 Å². The highest BCUT2D eigenvalue weighted by Crippen LogP contribution is 2.26. The lowest BCUT2D eigenvalue weighted by Gasteiger charge is -2.19. The van der Waals surface area contributed by atoms with Crippen LogP contribution in [0, 0.1) is 0 Å². The fourth-order valence-electron chi connectivity index (χ4n) is 2.44. The van der Waals surface area contributed by atoms with Crippen LogP contribution in [0.3, 0.4) is 0 Å². The first-order valence-corrected chi connectivity index (χ1v) is 8.51. The number of H-pyrrole nitrogens is 1. The molecule has 2 N–H and O–H groups in total. The molecule has 0 radical (unpaired) electrons. The van der Waals surface area contributed by atoms with Gasteiger partial charge in [-0.1, -0.05) is 62.7 Å². The first-order chi connectivity index (χ1) is 11.7. The van der Waals surface area contributed by atoms with Crippen LogP contribution in [0.2, 0.25) is 5.02 Å². The normalized spacial score (nSPS) is 12.1. The largest absolute Gasteiger partial charge is 0.353 e. The van der Waals surface area contributed by atoms with Crippen LogP contribution in [-0.4, -0.2) is 17.4 Å². The van der Waals surface area contributed by atoms with Crippen molar-refractivity contribution in [3.05, 3.63) is 74.7 Å². The zero-order valence-electron chi connectivity index (χ0n) is 14.9. The molecule has 5 heteroatoms. The third kappa shape index (κ3) is 5.07. The molecule has 0 spiro atoms. The first-order valence-electron chi connectivity index (χ1n) is 8.13. The van der Waals surface area contributed by atoms with E-state index in [1.54, 1.807) is 12.1 Å². The Labute approximate surface area is 152 Å². The number of rotatable bonds is 4. The molecular weight excluding hydrogens is 336 g/mol. The lowest BCUT2D eigenvalue weighted by molar-refractivity contribution is -0.118. The molecule has 0 atom stereocenters. The predicted molar refractivity (Wildman–Crippen MR) is 103 cm³/mol. The van der Waals surface area contributed by atoms with E-state index in [0.29, 0.717) is 12.2 Å². The Morgan fingerprint density at radius 3 is 2.32 bits per heavy atom. The van der Waals surface area contributed by atoms with Gasteiger partial charge in [0.1, 0.15) is 5.02 Å². The van der Waals surface area contributed by atoms with E-state index in [1.807, 2.05) is 18.2 Å². The Balaban J connectivity index is 2.45. The minimum Gasteiger partial charge on any atom is -0.353 e. The summed E-state index contributed by atoms with van der Waals surface area (Å²) in [5.74, 6) is -0.108. The number of carbonyl (C=O) groups is 1. The Morgan fingerprint density at radius 2 is 1.80 bits per heavy atom. The van der Waals surface area contributed by atoms with Gasteiger partial charge in [-0.25, -0.2) is 0 Å². The van der Waals surface area contributed by atoms with Crippen molar-refractivity contribution in [3.63, 3.8) is 0 Å². The molecule has 0 aliphatic heterocycles. The summed E-state index contributed by atoms with van der Waals surface area (Å²) in [5.41, 5.74) is 3.40. The number of benzene rings is 1. The van der Waals surface area contributed by atoms with Gasteiger partial charge in [-0.3, -0.25) is 9.59 Å². The summed E-state index contributed by atoms with van der Waals surface area (Å²) < 4.78 is 0. The number of aromatic nitrogens is 1. The fraction of sp³-hybridized carbons (Fsp3) is 0.300. The molecule has 0 saturated carbocycles. The number of hydrogen-bond donors (Lipinski definition) is 2. The predicted octanol–water partition coefficient (Wildman–Crippen LogP) is 3.89. The lowest BCUT2D eigenvalue weighted by Crippen LogP contribution is -2.20. The van der Waals surface area contributed by atoms with E-state index >= 15 is 0 Å². The Morgan fingerprint density at radius 1 is 1.16 bits per heavy atom. The highest BCUT2D eigenvalue weighted by molar-refractivity contribution is 6.30. The summed E-state index contributed by atoms with van der Waals surface area (Å²) in [7, 11) is 0. The van der Waals surface area contributed by atoms with Crippen molar-refractivity contribution in [2.24, 2.45) is 0 Å². The second kappa shape index (κ2) is 7.70. The van der Waals surface area contributed by atoms with Gasteiger partial charge in [0, 0.05) is 24.7 Å². The Bertz CT molecular complexity index is 843. The van der Waals surface area contributed by atoms with Crippen LogP contribution in [0.1, 0.15) is 44.5 Å². The number of aromatic amines is 1. The topological polar surface area (TPSA) is 62.0 Å². The molecule has 1 aromatic heterocycles. The van der Waals surface area contributed by atoms with Crippen molar-refractivity contribution in [1.29, 1.82) is 0 Å². The van der Waals surface area contributed by atoms with Gasteiger partial charge in [-0.05, 0) is 28.7 Å². The van der Waals surface area contributed by atoms with E-state index < -0.39 is 0 Å². The van der Waals surface area contributed by atoms with Crippen LogP contribution in [0.25, 0.3) is 5.57 Å². The summed E-state index contributed by atoms with van der Waals surface area (Å²) in [5, 5.41) is 2.89. The van der Waals surface area contributed by atoms with E-state index in [2.05, 4.69) is 43.2 Å². The van der Waals surface area contributed by atoms with E-state index in [4.69, 9.17) is 11.6 Å². The second-order valence-electron chi connectivity index (χ2n) is 6.93. The average molecular weight is 359 g/mol. The molecule has 0 bridgehead atoms. The van der Waals surface area contributed by atoms with Crippen LogP contribution in [0.4, 0.5) is 0 Å². The van der Waals surface area contributed by atoms with E-state index in [1.165, 1.54) is 12.5 Å². The molecule has 0 unspecified atom stereocenters. The molecule has 1 aromatic carbocycles. The van der Waals surface area contributed by atoms with Crippen molar-refractivity contribution in [3.8, 4) is 0 Å². The van der Waals surface area contributed by atoms with E-state index in [0.717, 1.165) is 11.1 Å². The highest BCUT2D eigenvalue weighted by Gasteiger charge is 2.14. The third-order valence-corrected chi connectivity index (χ3v) is 4.17. The summed E-state index contributed by atoms with van der Waals surface area (Å²) >= 11 is 5.83. The standard InChI is InChI=1S/C20H23ClN2O2/c1-13(24)22-12-11-16(18-10-9-17(21)19(25)23-18)14-5-7-15(8-6-14)20(2,3)4/h5-11H,12H2,1-4H3,(H,22,24)(H,23,25)/b16-11+. The summed E-state index contributed by atoms with van der Waals surface area (Å²) in [6, 6.07) is 11.5. The molecule has 0 aliphatic carbocycles. The van der Waals surface area contributed by atoms with Gasteiger partial charge < -0.3 is 10.3 Å². The van der Waals surface area contributed by atoms with Crippen molar-refractivity contribution in [2.45, 2.75) is 33.1 Å². The number of hydrogen-bond acceptors (Lipinski definition) is 2. The van der Waals surface area contributed by atoms with Crippen molar-refractivity contribution < 1.29 is 4.79 Å². The molecule has 2 rings (SSSR count). The van der Waals surface area contributed by atoms with E-state index in [-0.39, 0.29) is 21.9 Å². The minimum absolute atomic E-state index is 0.0627. The van der Waals surface area contributed by atoms with Gasteiger partial charge in [-0.15, -0.1) is 0 Å². The van der Waals surface area contributed by atoms with Gasteiger partial charge in [0.15, 0.2) is 0 Å². The molecule has 1 amide bonds. The molecule has 0 fully saturated rings.